The molecule has 0 radical (unpaired) electrons. The van der Waals surface area contributed by atoms with Crippen LogP contribution in [0.3, 0.4) is 0 Å². The third-order valence-corrected chi connectivity index (χ3v) is 1.94. The van der Waals surface area contributed by atoms with Gasteiger partial charge in [-0.2, -0.15) is 0 Å². The van der Waals surface area contributed by atoms with Gasteiger partial charge in [-0.25, -0.2) is 20.4 Å². The third-order valence-electron chi connectivity index (χ3n) is 1.94. The van der Waals surface area contributed by atoms with Gasteiger partial charge in [0.05, 0.1) is 13.4 Å². The van der Waals surface area contributed by atoms with Gasteiger partial charge in [0.25, 0.3) is 0 Å². The minimum absolute atomic E-state index is 0.588. The van der Waals surface area contributed by atoms with Gasteiger partial charge in [-0.3, -0.25) is 4.84 Å². The van der Waals surface area contributed by atoms with Gasteiger partial charge in [0, 0.05) is 6.54 Å². The lowest BCUT2D eigenvalue weighted by Gasteiger charge is -2.02. The van der Waals surface area contributed by atoms with Crippen molar-refractivity contribution in [3.8, 4) is 0 Å². The molecule has 0 spiro atoms. The molecule has 74 valence electrons. The number of nitrogens with zero attached hydrogens (tertiary/aromatic N) is 4. The Morgan fingerprint density at radius 3 is 3.00 bits per heavy atom. The van der Waals surface area contributed by atoms with Crippen LogP contribution in [0.2, 0.25) is 0 Å². The van der Waals surface area contributed by atoms with Gasteiger partial charge in [0.15, 0.2) is 17.0 Å². The fraction of sp³-hybridized carbons (Fsp3) is 0.375. The number of imidazole rings is 1. The molecule has 0 aromatic carbocycles. The van der Waals surface area contributed by atoms with Crippen LogP contribution >= 0.6 is 0 Å². The van der Waals surface area contributed by atoms with Crippen LogP contribution < -0.4 is 5.48 Å². The first-order chi connectivity index (χ1) is 6.86. The molecule has 0 amide bonds. The first kappa shape index (κ1) is 8.89. The van der Waals surface area contributed by atoms with Crippen LogP contribution in [0, 0.1) is 0 Å². The summed E-state index contributed by atoms with van der Waals surface area (Å²) in [6.07, 6.45) is 3.22. The number of rotatable bonds is 3. The van der Waals surface area contributed by atoms with Crippen molar-refractivity contribution in [3.63, 3.8) is 0 Å². The van der Waals surface area contributed by atoms with E-state index in [0.717, 1.165) is 17.7 Å². The van der Waals surface area contributed by atoms with Crippen molar-refractivity contribution in [2.45, 2.75) is 13.5 Å². The third kappa shape index (κ3) is 1.29. The summed E-state index contributed by atoms with van der Waals surface area (Å²) < 4.78 is 1.94. The molecule has 0 saturated carbocycles. The number of anilines is 1. The zero-order valence-electron chi connectivity index (χ0n) is 8.06. The Bertz CT molecular complexity index is 438. The standard InChI is InChI=1S/C8H11N5O/c1-3-13-5-11-6-7(12-14-2)9-4-10-8(6)13/h4-5H,3H2,1-2H3,(H,9,10,12). The van der Waals surface area contributed by atoms with E-state index in [4.69, 9.17) is 4.84 Å². The van der Waals surface area contributed by atoms with Crippen LogP contribution in [0.4, 0.5) is 5.82 Å². The molecule has 0 bridgehead atoms. The molecular weight excluding hydrogens is 182 g/mol. The van der Waals surface area contributed by atoms with Gasteiger partial charge >= 0.3 is 0 Å². The minimum Gasteiger partial charge on any atom is -0.315 e. The highest BCUT2D eigenvalue weighted by molar-refractivity contribution is 5.82. The van der Waals surface area contributed by atoms with Crippen LogP contribution in [-0.2, 0) is 11.4 Å². The maximum absolute atomic E-state index is 4.79. The summed E-state index contributed by atoms with van der Waals surface area (Å²) >= 11 is 0. The summed E-state index contributed by atoms with van der Waals surface area (Å²) in [5.74, 6) is 0.588. The normalized spacial score (nSPS) is 10.7. The molecule has 0 fully saturated rings. The van der Waals surface area contributed by atoms with E-state index in [2.05, 4.69) is 20.4 Å². The van der Waals surface area contributed by atoms with Crippen LogP contribution in [-0.4, -0.2) is 26.6 Å². The Balaban J connectivity index is 2.58. The smallest absolute Gasteiger partial charge is 0.181 e. The van der Waals surface area contributed by atoms with Crippen LogP contribution in [0.15, 0.2) is 12.7 Å². The van der Waals surface area contributed by atoms with E-state index in [1.807, 2.05) is 11.5 Å². The van der Waals surface area contributed by atoms with Gasteiger partial charge in [-0.05, 0) is 6.92 Å². The van der Waals surface area contributed by atoms with Gasteiger partial charge < -0.3 is 4.57 Å². The van der Waals surface area contributed by atoms with Gasteiger partial charge in [-0.1, -0.05) is 0 Å². The Morgan fingerprint density at radius 2 is 2.29 bits per heavy atom. The number of fused-ring (bicyclic) bond motifs is 1. The average molecular weight is 193 g/mol. The zero-order valence-corrected chi connectivity index (χ0v) is 8.06. The lowest BCUT2D eigenvalue weighted by atomic mass is 10.5. The van der Waals surface area contributed by atoms with E-state index in [9.17, 15) is 0 Å². The summed E-state index contributed by atoms with van der Waals surface area (Å²) in [6.45, 7) is 2.87. The molecule has 2 heterocycles. The summed E-state index contributed by atoms with van der Waals surface area (Å²) in [4.78, 5) is 17.2. The second kappa shape index (κ2) is 3.59. The lowest BCUT2D eigenvalue weighted by Crippen LogP contribution is -2.00. The summed E-state index contributed by atoms with van der Waals surface area (Å²) in [5, 5.41) is 0. The topological polar surface area (TPSA) is 64.9 Å². The molecule has 0 aliphatic heterocycles. The number of hydrogen-bond donors (Lipinski definition) is 1. The Labute approximate surface area is 80.9 Å². The second-order valence-electron chi connectivity index (χ2n) is 2.73. The van der Waals surface area contributed by atoms with Crippen molar-refractivity contribution in [3.05, 3.63) is 12.7 Å². The molecule has 6 nitrogen and oxygen atoms in total. The number of hydrogen-bond acceptors (Lipinski definition) is 5. The van der Waals surface area contributed by atoms with E-state index >= 15 is 0 Å². The quantitative estimate of drug-likeness (QED) is 0.731. The molecule has 0 aliphatic rings. The van der Waals surface area contributed by atoms with Crippen LogP contribution in [0.5, 0.6) is 0 Å². The van der Waals surface area contributed by atoms with E-state index in [1.165, 1.54) is 13.4 Å². The van der Waals surface area contributed by atoms with Crippen molar-refractivity contribution in [1.29, 1.82) is 0 Å². The number of nitrogens with one attached hydrogen (secondary N) is 1. The zero-order chi connectivity index (χ0) is 9.97. The molecule has 2 rings (SSSR count). The largest absolute Gasteiger partial charge is 0.315 e. The molecule has 0 saturated heterocycles. The molecule has 2 aromatic heterocycles. The predicted octanol–water partition coefficient (Wildman–Crippen LogP) is 0.819. The Hall–Kier alpha value is -1.69. The van der Waals surface area contributed by atoms with Crippen molar-refractivity contribution in [1.82, 2.24) is 19.5 Å². The van der Waals surface area contributed by atoms with E-state index < -0.39 is 0 Å². The monoisotopic (exact) mass is 193 g/mol. The van der Waals surface area contributed by atoms with E-state index in [-0.39, 0.29) is 0 Å². The van der Waals surface area contributed by atoms with Crippen molar-refractivity contribution >= 4 is 17.0 Å². The number of aryl methyl sites for hydroxylation is 1. The minimum atomic E-state index is 0.588. The fourth-order valence-electron chi connectivity index (χ4n) is 1.28. The second-order valence-corrected chi connectivity index (χ2v) is 2.73. The Morgan fingerprint density at radius 1 is 1.43 bits per heavy atom. The van der Waals surface area contributed by atoms with Gasteiger partial charge in [-0.15, -0.1) is 0 Å². The van der Waals surface area contributed by atoms with Crippen molar-refractivity contribution < 1.29 is 4.84 Å². The van der Waals surface area contributed by atoms with Crippen molar-refractivity contribution in [2.75, 3.05) is 12.6 Å². The highest BCUT2D eigenvalue weighted by atomic mass is 16.6. The molecule has 0 atom stereocenters. The number of aromatic nitrogens is 4. The fourth-order valence-corrected chi connectivity index (χ4v) is 1.28. The molecular formula is C8H11N5O. The molecule has 0 aliphatic carbocycles. The predicted molar refractivity (Wildman–Crippen MR) is 51.6 cm³/mol. The molecule has 1 N–H and O–H groups in total. The highest BCUT2D eigenvalue weighted by Crippen LogP contribution is 2.16. The molecule has 14 heavy (non-hydrogen) atoms. The maximum Gasteiger partial charge on any atom is 0.181 e. The summed E-state index contributed by atoms with van der Waals surface area (Å²) in [7, 11) is 1.53. The highest BCUT2D eigenvalue weighted by Gasteiger charge is 2.07. The average Bonchev–Trinajstić information content (AvgIpc) is 2.62. The van der Waals surface area contributed by atoms with Gasteiger partial charge in [0.1, 0.15) is 6.33 Å². The van der Waals surface area contributed by atoms with Gasteiger partial charge in [0.2, 0.25) is 0 Å². The van der Waals surface area contributed by atoms with E-state index in [1.54, 1.807) is 6.33 Å². The lowest BCUT2D eigenvalue weighted by molar-refractivity contribution is 0.269. The maximum atomic E-state index is 4.79. The van der Waals surface area contributed by atoms with E-state index in [0.29, 0.717) is 5.82 Å². The summed E-state index contributed by atoms with van der Waals surface area (Å²) in [5.41, 5.74) is 4.19. The van der Waals surface area contributed by atoms with Crippen molar-refractivity contribution in [2.24, 2.45) is 0 Å². The molecule has 0 unspecified atom stereocenters. The SMILES string of the molecule is CCn1cnc2c(NOC)ncnc21. The Kier molecular flexibility index (Phi) is 2.28. The summed E-state index contributed by atoms with van der Waals surface area (Å²) in [6, 6.07) is 0. The first-order valence-electron chi connectivity index (χ1n) is 4.31. The molecule has 6 heteroatoms. The first-order valence-corrected chi connectivity index (χ1v) is 4.31. The van der Waals surface area contributed by atoms with Crippen LogP contribution in [0.1, 0.15) is 6.92 Å². The molecule has 2 aromatic rings. The van der Waals surface area contributed by atoms with Crippen LogP contribution in [0.25, 0.3) is 11.2 Å².